The van der Waals surface area contributed by atoms with Crippen molar-refractivity contribution < 1.29 is 19.1 Å². The van der Waals surface area contributed by atoms with Crippen LogP contribution in [0.5, 0.6) is 0 Å². The number of para-hydroxylation sites is 2. The number of rotatable bonds is 7. The summed E-state index contributed by atoms with van der Waals surface area (Å²) in [6.07, 6.45) is 1.52. The molecule has 26 heavy (non-hydrogen) atoms. The fourth-order valence-electron chi connectivity index (χ4n) is 2.97. The fraction of sp³-hybridized carbons (Fsp3) is 0.143. The number of fused-ring (bicyclic) bond motifs is 3. The second kappa shape index (κ2) is 7.70. The molecule has 1 unspecified atom stereocenters. The van der Waals surface area contributed by atoms with Crippen LogP contribution in [-0.4, -0.2) is 29.2 Å². The van der Waals surface area contributed by atoms with Crippen molar-refractivity contribution in [2.45, 2.75) is 12.6 Å². The number of hydrogen-bond acceptors (Lipinski definition) is 4. The summed E-state index contributed by atoms with van der Waals surface area (Å²) in [5.74, 6) is -1.13. The SMILES string of the molecule is C=CC(=O)OCC(Cn1c2ccccc2c2ccccc21)OC(=O)C=C. The van der Waals surface area contributed by atoms with Crippen LogP contribution in [0.4, 0.5) is 0 Å². The Bertz CT molecular complexity index is 933. The van der Waals surface area contributed by atoms with Crippen molar-refractivity contribution >= 4 is 33.7 Å². The molecule has 0 bridgehead atoms. The van der Waals surface area contributed by atoms with Crippen molar-refractivity contribution in [3.05, 3.63) is 73.8 Å². The molecule has 1 aromatic heterocycles. The van der Waals surface area contributed by atoms with Gasteiger partial charge in [-0.3, -0.25) is 0 Å². The average molecular weight is 349 g/mol. The van der Waals surface area contributed by atoms with E-state index in [0.29, 0.717) is 6.54 Å². The Labute approximate surface area is 151 Å². The van der Waals surface area contributed by atoms with Crippen molar-refractivity contribution in [3.63, 3.8) is 0 Å². The Morgan fingerprint density at radius 3 is 2.00 bits per heavy atom. The highest BCUT2D eigenvalue weighted by molar-refractivity contribution is 6.07. The highest BCUT2D eigenvalue weighted by atomic mass is 16.6. The summed E-state index contributed by atoms with van der Waals surface area (Å²) in [5.41, 5.74) is 2.03. The molecule has 5 nitrogen and oxygen atoms in total. The highest BCUT2D eigenvalue weighted by Gasteiger charge is 2.19. The quantitative estimate of drug-likeness (QED) is 0.483. The summed E-state index contributed by atoms with van der Waals surface area (Å²) in [4.78, 5) is 23.1. The molecule has 0 fully saturated rings. The Kier molecular flexibility index (Phi) is 5.17. The third-order valence-electron chi connectivity index (χ3n) is 4.09. The van der Waals surface area contributed by atoms with Gasteiger partial charge in [-0.25, -0.2) is 9.59 Å². The minimum absolute atomic E-state index is 0.0642. The van der Waals surface area contributed by atoms with Gasteiger partial charge in [0.2, 0.25) is 0 Å². The van der Waals surface area contributed by atoms with Crippen LogP contribution in [-0.2, 0) is 25.6 Å². The highest BCUT2D eigenvalue weighted by Crippen LogP contribution is 2.29. The third kappa shape index (κ3) is 3.52. The van der Waals surface area contributed by atoms with Gasteiger partial charge in [0.25, 0.3) is 0 Å². The minimum Gasteiger partial charge on any atom is -0.459 e. The van der Waals surface area contributed by atoms with Gasteiger partial charge in [0.1, 0.15) is 6.61 Å². The molecule has 0 aliphatic carbocycles. The molecule has 0 saturated carbocycles. The summed E-state index contributed by atoms with van der Waals surface area (Å²) in [6.45, 7) is 7.07. The largest absolute Gasteiger partial charge is 0.459 e. The van der Waals surface area contributed by atoms with E-state index in [0.717, 1.165) is 34.0 Å². The Hall–Kier alpha value is -3.34. The molecule has 0 aliphatic heterocycles. The van der Waals surface area contributed by atoms with Gasteiger partial charge < -0.3 is 14.0 Å². The van der Waals surface area contributed by atoms with Crippen LogP contribution >= 0.6 is 0 Å². The van der Waals surface area contributed by atoms with Crippen molar-refractivity contribution in [2.75, 3.05) is 6.61 Å². The van der Waals surface area contributed by atoms with Gasteiger partial charge in [-0.1, -0.05) is 49.6 Å². The van der Waals surface area contributed by atoms with Gasteiger partial charge in [-0.2, -0.15) is 0 Å². The second-order valence-electron chi connectivity index (χ2n) is 5.74. The van der Waals surface area contributed by atoms with Crippen LogP contribution in [0.1, 0.15) is 0 Å². The number of carbonyl (C=O) groups is 2. The van der Waals surface area contributed by atoms with Crippen LogP contribution in [0, 0.1) is 0 Å². The van der Waals surface area contributed by atoms with E-state index < -0.39 is 18.0 Å². The van der Waals surface area contributed by atoms with Crippen molar-refractivity contribution in [3.8, 4) is 0 Å². The first kappa shape index (κ1) is 17.5. The van der Waals surface area contributed by atoms with Gasteiger partial charge in [-0.05, 0) is 12.1 Å². The average Bonchev–Trinajstić information content (AvgIpc) is 2.99. The van der Waals surface area contributed by atoms with Crippen LogP contribution in [0.25, 0.3) is 21.8 Å². The Morgan fingerprint density at radius 2 is 1.46 bits per heavy atom. The lowest BCUT2D eigenvalue weighted by Gasteiger charge is -2.19. The van der Waals surface area contributed by atoms with Crippen LogP contribution in [0.3, 0.4) is 0 Å². The Morgan fingerprint density at radius 1 is 0.923 bits per heavy atom. The molecular formula is C21H19NO4. The first-order chi connectivity index (χ1) is 12.6. The lowest BCUT2D eigenvalue weighted by Crippen LogP contribution is -2.28. The van der Waals surface area contributed by atoms with E-state index >= 15 is 0 Å². The minimum atomic E-state index is -0.649. The molecule has 132 valence electrons. The first-order valence-corrected chi connectivity index (χ1v) is 8.22. The molecule has 0 radical (unpaired) electrons. The molecule has 1 atom stereocenters. The normalized spacial score (nSPS) is 11.8. The maximum atomic E-state index is 11.7. The van der Waals surface area contributed by atoms with E-state index in [9.17, 15) is 9.59 Å². The smallest absolute Gasteiger partial charge is 0.330 e. The summed E-state index contributed by atoms with van der Waals surface area (Å²) in [5, 5.41) is 2.22. The summed E-state index contributed by atoms with van der Waals surface area (Å²) in [7, 11) is 0. The molecule has 0 saturated heterocycles. The third-order valence-corrected chi connectivity index (χ3v) is 4.09. The zero-order chi connectivity index (χ0) is 18.5. The predicted octanol–water partition coefficient (Wildman–Crippen LogP) is 3.62. The molecule has 5 heteroatoms. The molecule has 0 amide bonds. The standard InChI is InChI=1S/C21H19NO4/c1-3-20(23)25-14-15(26-21(24)4-2)13-22-18-11-7-5-9-16(18)17-10-6-8-12-19(17)22/h3-12,15H,1-2,13-14H2. The zero-order valence-corrected chi connectivity index (χ0v) is 14.3. The van der Waals surface area contributed by atoms with Crippen LogP contribution in [0.15, 0.2) is 73.8 Å². The molecule has 0 spiro atoms. The lowest BCUT2D eigenvalue weighted by molar-refractivity contribution is -0.153. The molecule has 3 rings (SSSR count). The molecule has 0 N–H and O–H groups in total. The van der Waals surface area contributed by atoms with Gasteiger partial charge in [0.05, 0.1) is 6.54 Å². The van der Waals surface area contributed by atoms with E-state index in [1.165, 1.54) is 0 Å². The van der Waals surface area contributed by atoms with E-state index in [1.54, 1.807) is 0 Å². The zero-order valence-electron chi connectivity index (χ0n) is 14.3. The van der Waals surface area contributed by atoms with E-state index in [1.807, 2.05) is 36.4 Å². The number of benzene rings is 2. The second-order valence-corrected chi connectivity index (χ2v) is 5.74. The number of ether oxygens (including phenoxy) is 2. The van der Waals surface area contributed by atoms with Gasteiger partial charge >= 0.3 is 11.9 Å². The van der Waals surface area contributed by atoms with Gasteiger partial charge in [-0.15, -0.1) is 0 Å². The summed E-state index contributed by atoms with van der Waals surface area (Å²) in [6, 6.07) is 16.0. The van der Waals surface area contributed by atoms with E-state index in [2.05, 4.69) is 29.9 Å². The van der Waals surface area contributed by atoms with E-state index in [-0.39, 0.29) is 6.61 Å². The number of esters is 2. The number of aromatic nitrogens is 1. The fourth-order valence-corrected chi connectivity index (χ4v) is 2.97. The topological polar surface area (TPSA) is 57.5 Å². The summed E-state index contributed by atoms with van der Waals surface area (Å²) >= 11 is 0. The number of nitrogens with zero attached hydrogens (tertiary/aromatic N) is 1. The molecular weight excluding hydrogens is 330 g/mol. The van der Waals surface area contributed by atoms with Crippen molar-refractivity contribution in [1.29, 1.82) is 0 Å². The van der Waals surface area contributed by atoms with Crippen molar-refractivity contribution in [2.24, 2.45) is 0 Å². The van der Waals surface area contributed by atoms with Crippen molar-refractivity contribution in [1.82, 2.24) is 4.57 Å². The maximum absolute atomic E-state index is 11.7. The Balaban J connectivity index is 1.98. The van der Waals surface area contributed by atoms with Crippen LogP contribution in [0.2, 0.25) is 0 Å². The van der Waals surface area contributed by atoms with E-state index in [4.69, 9.17) is 9.47 Å². The number of carbonyl (C=O) groups excluding carboxylic acids is 2. The van der Waals surface area contributed by atoms with Gasteiger partial charge in [0.15, 0.2) is 6.10 Å². The monoisotopic (exact) mass is 349 g/mol. The first-order valence-electron chi connectivity index (χ1n) is 8.22. The molecule has 2 aromatic carbocycles. The predicted molar refractivity (Wildman–Crippen MR) is 101 cm³/mol. The lowest BCUT2D eigenvalue weighted by atomic mass is 10.2. The summed E-state index contributed by atoms with van der Waals surface area (Å²) < 4.78 is 12.5. The van der Waals surface area contributed by atoms with Crippen LogP contribution < -0.4 is 0 Å². The molecule has 0 aliphatic rings. The molecule has 3 aromatic rings. The van der Waals surface area contributed by atoms with Gasteiger partial charge in [0, 0.05) is 34.0 Å². The molecule has 1 heterocycles. The maximum Gasteiger partial charge on any atom is 0.330 e. The number of hydrogen-bond donors (Lipinski definition) is 0.